The third-order valence-corrected chi connectivity index (χ3v) is 2.80. The van der Waals surface area contributed by atoms with Crippen molar-refractivity contribution in [2.75, 3.05) is 13.2 Å². The number of hydrogen-bond donors (Lipinski definition) is 2. The van der Waals surface area contributed by atoms with E-state index >= 15 is 0 Å². The lowest BCUT2D eigenvalue weighted by Gasteiger charge is -2.11. The lowest BCUT2D eigenvalue weighted by Crippen LogP contribution is -2.42. The minimum absolute atomic E-state index is 0.0947. The monoisotopic (exact) mass is 266 g/mol. The van der Waals surface area contributed by atoms with Crippen molar-refractivity contribution >= 4 is 11.8 Å². The van der Waals surface area contributed by atoms with Crippen molar-refractivity contribution in [3.8, 4) is 5.75 Å². The van der Waals surface area contributed by atoms with Gasteiger partial charge in [-0.3, -0.25) is 9.59 Å². The van der Waals surface area contributed by atoms with Crippen molar-refractivity contribution in [2.45, 2.75) is 18.9 Å². The highest BCUT2D eigenvalue weighted by molar-refractivity contribution is 5.90. The second-order valence-corrected chi connectivity index (χ2v) is 4.25. The van der Waals surface area contributed by atoms with E-state index in [4.69, 9.17) is 4.74 Å². The fourth-order valence-corrected chi connectivity index (χ4v) is 1.81. The van der Waals surface area contributed by atoms with E-state index in [-0.39, 0.29) is 24.2 Å². The molecule has 6 heteroatoms. The van der Waals surface area contributed by atoms with Crippen LogP contribution in [0.5, 0.6) is 5.75 Å². The largest absolute Gasteiger partial charge is 0.492 e. The van der Waals surface area contributed by atoms with Crippen molar-refractivity contribution < 1.29 is 18.7 Å². The first-order chi connectivity index (χ1) is 9.15. The molecule has 1 aromatic carbocycles. The van der Waals surface area contributed by atoms with Crippen molar-refractivity contribution in [2.24, 2.45) is 0 Å². The Morgan fingerprint density at radius 1 is 1.42 bits per heavy atom. The first-order valence-corrected chi connectivity index (χ1v) is 6.10. The van der Waals surface area contributed by atoms with Crippen LogP contribution in [0.15, 0.2) is 24.3 Å². The molecule has 102 valence electrons. The third-order valence-electron chi connectivity index (χ3n) is 2.80. The summed E-state index contributed by atoms with van der Waals surface area (Å²) in [6.07, 6.45) is 0.924. The first-order valence-electron chi connectivity index (χ1n) is 6.10. The summed E-state index contributed by atoms with van der Waals surface area (Å²) in [7, 11) is 0. The van der Waals surface area contributed by atoms with Gasteiger partial charge in [0.05, 0.1) is 6.54 Å². The maximum Gasteiger partial charge on any atom is 0.242 e. The molecule has 1 aromatic rings. The van der Waals surface area contributed by atoms with Gasteiger partial charge in [-0.25, -0.2) is 4.39 Å². The molecule has 0 aliphatic carbocycles. The molecule has 1 fully saturated rings. The van der Waals surface area contributed by atoms with Gasteiger partial charge in [-0.15, -0.1) is 0 Å². The number of amides is 2. The zero-order valence-electron chi connectivity index (χ0n) is 10.3. The van der Waals surface area contributed by atoms with Crippen LogP contribution in [0.25, 0.3) is 0 Å². The molecule has 0 saturated carbocycles. The first kappa shape index (κ1) is 13.3. The number of carbonyl (C=O) groups is 2. The lowest BCUT2D eigenvalue weighted by molar-refractivity contribution is -0.125. The number of ether oxygens (including phenoxy) is 1. The van der Waals surface area contributed by atoms with Crippen LogP contribution in [0.1, 0.15) is 12.8 Å². The zero-order valence-corrected chi connectivity index (χ0v) is 10.3. The normalized spacial score (nSPS) is 17.9. The van der Waals surface area contributed by atoms with Crippen molar-refractivity contribution in [1.29, 1.82) is 0 Å². The number of nitrogens with one attached hydrogen (secondary N) is 2. The third kappa shape index (κ3) is 3.94. The predicted molar refractivity (Wildman–Crippen MR) is 66.1 cm³/mol. The predicted octanol–water partition coefficient (Wildman–Crippen LogP) is 0.599. The number of halogens is 1. The number of rotatable bonds is 5. The molecule has 0 unspecified atom stereocenters. The summed E-state index contributed by atoms with van der Waals surface area (Å²) in [4.78, 5) is 22.6. The molecule has 0 spiro atoms. The average molecular weight is 266 g/mol. The number of hydrogen-bond acceptors (Lipinski definition) is 3. The summed E-state index contributed by atoms with van der Waals surface area (Å²) in [6.45, 7) is 0.626. The van der Waals surface area contributed by atoms with E-state index < -0.39 is 6.04 Å². The van der Waals surface area contributed by atoms with Gasteiger partial charge < -0.3 is 15.4 Å². The van der Waals surface area contributed by atoms with Gasteiger partial charge in [-0.1, -0.05) is 0 Å². The Kier molecular flexibility index (Phi) is 4.33. The second kappa shape index (κ2) is 6.17. The van der Waals surface area contributed by atoms with Crippen molar-refractivity contribution in [1.82, 2.24) is 10.6 Å². The van der Waals surface area contributed by atoms with Crippen LogP contribution in [-0.2, 0) is 9.59 Å². The highest BCUT2D eigenvalue weighted by atomic mass is 19.1. The van der Waals surface area contributed by atoms with Crippen molar-refractivity contribution in [3.63, 3.8) is 0 Å². The average Bonchev–Trinajstić information content (AvgIpc) is 2.83. The SMILES string of the molecule is O=C1CC[C@H](C(=O)NCCOc2ccc(F)cc2)N1. The quantitative estimate of drug-likeness (QED) is 0.767. The maximum atomic E-state index is 12.6. The minimum Gasteiger partial charge on any atom is -0.492 e. The molecule has 2 rings (SSSR count). The summed E-state index contributed by atoms with van der Waals surface area (Å²) in [6, 6.07) is 5.23. The van der Waals surface area contributed by atoms with Crippen LogP contribution in [0.4, 0.5) is 4.39 Å². The highest BCUT2D eigenvalue weighted by Gasteiger charge is 2.26. The zero-order chi connectivity index (χ0) is 13.7. The van der Waals surface area contributed by atoms with E-state index in [1.54, 1.807) is 0 Å². The van der Waals surface area contributed by atoms with E-state index in [9.17, 15) is 14.0 Å². The number of carbonyl (C=O) groups excluding carboxylic acids is 2. The Morgan fingerprint density at radius 2 is 2.16 bits per heavy atom. The Morgan fingerprint density at radius 3 is 2.79 bits per heavy atom. The second-order valence-electron chi connectivity index (χ2n) is 4.25. The molecule has 1 heterocycles. The molecule has 2 amide bonds. The fourth-order valence-electron chi connectivity index (χ4n) is 1.81. The van der Waals surface area contributed by atoms with Gasteiger partial charge in [-0.2, -0.15) is 0 Å². The lowest BCUT2D eigenvalue weighted by atomic mass is 10.2. The molecule has 2 N–H and O–H groups in total. The van der Waals surface area contributed by atoms with Gasteiger partial charge in [0.25, 0.3) is 0 Å². The van der Waals surface area contributed by atoms with E-state index in [1.165, 1.54) is 24.3 Å². The molecule has 5 nitrogen and oxygen atoms in total. The molecule has 0 bridgehead atoms. The molecule has 0 radical (unpaired) electrons. The molecular weight excluding hydrogens is 251 g/mol. The topological polar surface area (TPSA) is 67.4 Å². The van der Waals surface area contributed by atoms with Gasteiger partial charge in [-0.05, 0) is 30.7 Å². The van der Waals surface area contributed by atoms with E-state index in [1.807, 2.05) is 0 Å². The van der Waals surface area contributed by atoms with Gasteiger partial charge in [0.15, 0.2) is 0 Å². The van der Waals surface area contributed by atoms with Crippen LogP contribution in [0, 0.1) is 5.82 Å². The Bertz CT molecular complexity index is 461. The Labute approximate surface area is 110 Å². The van der Waals surface area contributed by atoms with Gasteiger partial charge in [0.1, 0.15) is 24.2 Å². The van der Waals surface area contributed by atoms with Crippen LogP contribution < -0.4 is 15.4 Å². The van der Waals surface area contributed by atoms with Crippen LogP contribution in [0.2, 0.25) is 0 Å². The van der Waals surface area contributed by atoms with Gasteiger partial charge in [0.2, 0.25) is 11.8 Å². The molecule has 1 saturated heterocycles. The standard InChI is InChI=1S/C13H15FN2O3/c14-9-1-3-10(4-2-9)19-8-7-15-13(18)11-5-6-12(17)16-11/h1-4,11H,5-8H2,(H,15,18)(H,16,17)/t11-/m1/s1. The molecule has 19 heavy (non-hydrogen) atoms. The van der Waals surface area contributed by atoms with Crippen LogP contribution in [-0.4, -0.2) is 31.0 Å². The van der Waals surface area contributed by atoms with Crippen molar-refractivity contribution in [3.05, 3.63) is 30.1 Å². The summed E-state index contributed by atoms with van der Waals surface area (Å²) < 4.78 is 18.0. The molecule has 1 atom stereocenters. The summed E-state index contributed by atoms with van der Waals surface area (Å²) in [5.41, 5.74) is 0. The Balaban J connectivity index is 1.65. The highest BCUT2D eigenvalue weighted by Crippen LogP contribution is 2.10. The summed E-state index contributed by atoms with van der Waals surface area (Å²) in [5.74, 6) is -0.0706. The maximum absolute atomic E-state index is 12.6. The van der Waals surface area contributed by atoms with E-state index in [0.717, 1.165) is 0 Å². The molecular formula is C13H15FN2O3. The van der Waals surface area contributed by atoms with Gasteiger partial charge in [0, 0.05) is 6.42 Å². The summed E-state index contributed by atoms with van der Waals surface area (Å²) >= 11 is 0. The molecule has 1 aliphatic heterocycles. The van der Waals surface area contributed by atoms with Crippen LogP contribution in [0.3, 0.4) is 0 Å². The van der Waals surface area contributed by atoms with E-state index in [0.29, 0.717) is 25.1 Å². The fraction of sp³-hybridized carbons (Fsp3) is 0.385. The smallest absolute Gasteiger partial charge is 0.242 e. The number of benzene rings is 1. The van der Waals surface area contributed by atoms with E-state index in [2.05, 4.69) is 10.6 Å². The molecule has 1 aliphatic rings. The van der Waals surface area contributed by atoms with Gasteiger partial charge >= 0.3 is 0 Å². The summed E-state index contributed by atoms with van der Waals surface area (Å²) in [5, 5.41) is 5.26. The minimum atomic E-state index is -0.432. The Hall–Kier alpha value is -2.11. The molecule has 0 aromatic heterocycles. The van der Waals surface area contributed by atoms with Crippen LogP contribution >= 0.6 is 0 Å².